The summed E-state index contributed by atoms with van der Waals surface area (Å²) in [5.41, 5.74) is 4.22. The zero-order valence-corrected chi connectivity index (χ0v) is 20.8. The maximum absolute atomic E-state index is 13.0. The van der Waals surface area contributed by atoms with E-state index in [0.717, 1.165) is 35.3 Å². The monoisotopic (exact) mass is 501 g/mol. The molecule has 0 bridgehead atoms. The first kappa shape index (κ1) is 22.9. The van der Waals surface area contributed by atoms with Crippen molar-refractivity contribution in [1.82, 2.24) is 14.7 Å². The minimum Gasteiger partial charge on any atom is -0.335 e. The number of hydrogen-bond donors (Lipinski definition) is 0. The average Bonchev–Trinajstić information content (AvgIpc) is 3.15. The van der Waals surface area contributed by atoms with Gasteiger partial charge in [0, 0.05) is 56.1 Å². The molecule has 6 rings (SSSR count). The fourth-order valence-electron chi connectivity index (χ4n) is 5.30. The van der Waals surface area contributed by atoms with Crippen molar-refractivity contribution in [2.45, 2.75) is 23.5 Å². The maximum atomic E-state index is 13.0. The van der Waals surface area contributed by atoms with E-state index in [-0.39, 0.29) is 22.8 Å². The lowest BCUT2D eigenvalue weighted by Gasteiger charge is -2.53. The molecule has 0 radical (unpaired) electrons. The molecule has 0 saturated carbocycles. The molecule has 2 amide bonds. The molecule has 3 aliphatic rings. The molecule has 3 aromatic rings. The third-order valence-corrected chi connectivity index (χ3v) is 8.68. The average molecular weight is 502 g/mol. The van der Waals surface area contributed by atoms with Crippen LogP contribution in [0.15, 0.2) is 77.7 Å². The molecule has 0 unspecified atom stereocenters. The SMILES string of the molecule is CS(=O)(=O)c1cccc(-c2ccc(C(=O)N3CC(N4CC(N5Cc6ccccc6C5=O)C4)C3)cc2)c1. The predicted molar refractivity (Wildman–Crippen MR) is 136 cm³/mol. The second kappa shape index (κ2) is 8.57. The molecular weight excluding hydrogens is 474 g/mol. The van der Waals surface area contributed by atoms with Gasteiger partial charge in [0.05, 0.1) is 10.9 Å². The summed E-state index contributed by atoms with van der Waals surface area (Å²) in [6, 6.07) is 22.5. The Kier molecular flexibility index (Phi) is 5.46. The summed E-state index contributed by atoms with van der Waals surface area (Å²) in [4.78, 5) is 32.1. The minimum absolute atomic E-state index is 0.00457. The van der Waals surface area contributed by atoms with Crippen LogP contribution in [0.2, 0.25) is 0 Å². The molecule has 7 nitrogen and oxygen atoms in total. The van der Waals surface area contributed by atoms with Gasteiger partial charge in [0.1, 0.15) is 0 Å². The van der Waals surface area contributed by atoms with E-state index in [4.69, 9.17) is 0 Å². The molecule has 0 aromatic heterocycles. The van der Waals surface area contributed by atoms with Gasteiger partial charge in [-0.2, -0.15) is 0 Å². The molecule has 36 heavy (non-hydrogen) atoms. The van der Waals surface area contributed by atoms with Gasteiger partial charge in [0.15, 0.2) is 9.84 Å². The van der Waals surface area contributed by atoms with Crippen LogP contribution in [0.4, 0.5) is 0 Å². The summed E-state index contributed by atoms with van der Waals surface area (Å²) in [6.45, 7) is 3.79. The molecule has 0 atom stereocenters. The fraction of sp³-hybridized carbons (Fsp3) is 0.286. The molecular formula is C28H27N3O4S. The molecule has 2 saturated heterocycles. The third-order valence-electron chi connectivity index (χ3n) is 7.57. The van der Waals surface area contributed by atoms with Gasteiger partial charge < -0.3 is 9.80 Å². The highest BCUT2D eigenvalue weighted by Crippen LogP contribution is 2.31. The lowest BCUT2D eigenvalue weighted by atomic mass is 9.97. The Morgan fingerprint density at radius 2 is 1.56 bits per heavy atom. The van der Waals surface area contributed by atoms with E-state index in [1.807, 2.05) is 52.3 Å². The van der Waals surface area contributed by atoms with E-state index < -0.39 is 9.84 Å². The van der Waals surface area contributed by atoms with Crippen LogP contribution in [0.1, 0.15) is 26.3 Å². The number of carbonyl (C=O) groups is 2. The van der Waals surface area contributed by atoms with Crippen LogP contribution in [0.5, 0.6) is 0 Å². The van der Waals surface area contributed by atoms with Crippen molar-refractivity contribution in [3.63, 3.8) is 0 Å². The van der Waals surface area contributed by atoms with Crippen molar-refractivity contribution in [2.75, 3.05) is 32.4 Å². The molecule has 2 fully saturated rings. The minimum atomic E-state index is -3.28. The van der Waals surface area contributed by atoms with E-state index >= 15 is 0 Å². The van der Waals surface area contributed by atoms with Crippen molar-refractivity contribution >= 4 is 21.7 Å². The lowest BCUT2D eigenvalue weighted by molar-refractivity contribution is -0.0364. The van der Waals surface area contributed by atoms with E-state index in [0.29, 0.717) is 31.2 Å². The number of benzene rings is 3. The highest BCUT2D eigenvalue weighted by Gasteiger charge is 2.45. The molecule has 0 aliphatic carbocycles. The van der Waals surface area contributed by atoms with Crippen molar-refractivity contribution in [3.8, 4) is 11.1 Å². The maximum Gasteiger partial charge on any atom is 0.254 e. The van der Waals surface area contributed by atoms with Crippen LogP contribution in [0.3, 0.4) is 0 Å². The topological polar surface area (TPSA) is 78.0 Å². The summed E-state index contributed by atoms with van der Waals surface area (Å²) >= 11 is 0. The first-order valence-electron chi connectivity index (χ1n) is 12.1. The van der Waals surface area contributed by atoms with Crippen LogP contribution in [0.25, 0.3) is 11.1 Å². The van der Waals surface area contributed by atoms with Gasteiger partial charge in [-0.25, -0.2) is 8.42 Å². The highest BCUT2D eigenvalue weighted by molar-refractivity contribution is 7.90. The van der Waals surface area contributed by atoms with E-state index in [1.165, 1.54) is 6.26 Å². The number of rotatable bonds is 5. The van der Waals surface area contributed by atoms with Crippen molar-refractivity contribution in [1.29, 1.82) is 0 Å². The van der Waals surface area contributed by atoms with Gasteiger partial charge in [-0.1, -0.05) is 42.5 Å². The number of fused-ring (bicyclic) bond motifs is 1. The third kappa shape index (κ3) is 4.00. The summed E-state index contributed by atoms with van der Waals surface area (Å²) < 4.78 is 23.7. The smallest absolute Gasteiger partial charge is 0.254 e. The second-order valence-corrected chi connectivity index (χ2v) is 12.0. The van der Waals surface area contributed by atoms with E-state index in [1.54, 1.807) is 30.3 Å². The van der Waals surface area contributed by atoms with Gasteiger partial charge in [-0.05, 0) is 47.0 Å². The lowest BCUT2D eigenvalue weighted by Crippen LogP contribution is -2.70. The fourth-order valence-corrected chi connectivity index (χ4v) is 5.97. The first-order chi connectivity index (χ1) is 17.3. The Labute approximate surface area is 210 Å². The molecule has 0 N–H and O–H groups in total. The Morgan fingerprint density at radius 3 is 2.25 bits per heavy atom. The summed E-state index contributed by atoms with van der Waals surface area (Å²) in [5, 5.41) is 0. The van der Waals surface area contributed by atoms with Crippen molar-refractivity contribution < 1.29 is 18.0 Å². The largest absolute Gasteiger partial charge is 0.335 e. The Morgan fingerprint density at radius 1 is 0.833 bits per heavy atom. The first-order valence-corrected chi connectivity index (χ1v) is 14.0. The van der Waals surface area contributed by atoms with Crippen LogP contribution in [0, 0.1) is 0 Å². The van der Waals surface area contributed by atoms with Gasteiger partial charge >= 0.3 is 0 Å². The van der Waals surface area contributed by atoms with Crippen LogP contribution >= 0.6 is 0 Å². The predicted octanol–water partition coefficient (Wildman–Crippen LogP) is 2.92. The summed E-state index contributed by atoms with van der Waals surface area (Å²) in [7, 11) is -3.28. The summed E-state index contributed by atoms with van der Waals surface area (Å²) in [6.07, 6.45) is 1.19. The molecule has 3 aromatic carbocycles. The molecule has 184 valence electrons. The zero-order chi connectivity index (χ0) is 25.0. The quantitative estimate of drug-likeness (QED) is 0.537. The summed E-state index contributed by atoms with van der Waals surface area (Å²) in [5.74, 6) is 0.136. The van der Waals surface area contributed by atoms with Gasteiger partial charge in [-0.3, -0.25) is 14.5 Å². The number of sulfone groups is 1. The highest BCUT2D eigenvalue weighted by atomic mass is 32.2. The van der Waals surface area contributed by atoms with Crippen molar-refractivity contribution in [2.24, 2.45) is 0 Å². The number of amides is 2. The van der Waals surface area contributed by atoms with E-state index in [2.05, 4.69) is 4.90 Å². The van der Waals surface area contributed by atoms with Gasteiger partial charge in [-0.15, -0.1) is 0 Å². The van der Waals surface area contributed by atoms with Crippen molar-refractivity contribution in [3.05, 3.63) is 89.5 Å². The molecule has 3 heterocycles. The number of nitrogens with zero attached hydrogens (tertiary/aromatic N) is 3. The number of carbonyl (C=O) groups excluding carboxylic acids is 2. The second-order valence-electron chi connectivity index (χ2n) is 9.94. The number of hydrogen-bond acceptors (Lipinski definition) is 5. The molecule has 0 spiro atoms. The van der Waals surface area contributed by atoms with Crippen LogP contribution in [-0.2, 0) is 16.4 Å². The molecule has 8 heteroatoms. The van der Waals surface area contributed by atoms with Gasteiger partial charge in [0.2, 0.25) is 0 Å². The number of likely N-dealkylation sites (tertiary alicyclic amines) is 2. The Balaban J connectivity index is 1.02. The Hall–Kier alpha value is -3.49. The molecule has 3 aliphatic heterocycles. The van der Waals surface area contributed by atoms with Crippen LogP contribution < -0.4 is 0 Å². The van der Waals surface area contributed by atoms with Crippen LogP contribution in [-0.4, -0.2) is 79.5 Å². The Bertz CT molecular complexity index is 1460. The van der Waals surface area contributed by atoms with Gasteiger partial charge in [0.25, 0.3) is 11.8 Å². The normalized spacial score (nSPS) is 18.6. The zero-order valence-electron chi connectivity index (χ0n) is 20.0. The van der Waals surface area contributed by atoms with E-state index in [9.17, 15) is 18.0 Å². The standard InChI is InChI=1S/C28H27N3O4S/c1-36(34,35)25-7-4-6-21(13-25)19-9-11-20(12-10-19)27(32)30-15-23(16-30)29-17-24(18-29)31-14-22-5-2-3-8-26(22)28(31)33/h2-13,23-24H,14-18H2,1H3.